The Morgan fingerprint density at radius 2 is 1.10 bits per heavy atom. The molecule has 312 valence electrons. The van der Waals surface area contributed by atoms with Crippen LogP contribution in [0.4, 0.5) is 9.59 Å². The number of fused-ring (bicyclic) bond motifs is 3. The van der Waals surface area contributed by atoms with Crippen LogP contribution in [0.5, 0.6) is 0 Å². The number of carbonyl (C=O) groups is 5. The van der Waals surface area contributed by atoms with Gasteiger partial charge in [-0.25, -0.2) is 9.59 Å². The first kappa shape index (κ1) is 41.3. The average molecular weight is 814 g/mol. The lowest BCUT2D eigenvalue weighted by Crippen LogP contribution is -2.48. The SMILES string of the molecule is CCOC(=O)N[C@@H]1[C@H]2CO[C@H](c3ccccc3)N2C(=O)[C@@H]1O.CCOC(=O)N[C@H]1C(=O)N2[C@@H](c3ccccc3)OC[C@@H]2[C@H]1O.O=C1C=C[C@H]2CO[C@H](c3ccccc3)N12. The highest BCUT2D eigenvalue weighted by Gasteiger charge is 2.56. The number of benzene rings is 3. The number of rotatable bonds is 7. The number of alkyl carbamates (subject to hydrolysis) is 2. The number of carbonyl (C=O) groups excluding carboxylic acids is 5. The highest BCUT2D eigenvalue weighted by molar-refractivity contribution is 5.91. The Kier molecular flexibility index (Phi) is 12.9. The zero-order chi connectivity index (χ0) is 41.6. The van der Waals surface area contributed by atoms with E-state index in [2.05, 4.69) is 10.6 Å². The molecule has 6 aliphatic heterocycles. The predicted octanol–water partition coefficient (Wildman–Crippen LogP) is 2.29. The molecule has 3 aromatic carbocycles. The van der Waals surface area contributed by atoms with E-state index in [1.165, 1.54) is 9.80 Å². The summed E-state index contributed by atoms with van der Waals surface area (Å²) in [5.74, 6) is -0.763. The van der Waals surface area contributed by atoms with Gasteiger partial charge >= 0.3 is 12.2 Å². The molecule has 0 bridgehead atoms. The van der Waals surface area contributed by atoms with Gasteiger partial charge in [0.05, 0.1) is 57.2 Å². The fraction of sp³-hybridized carbons (Fsp3) is 0.405. The molecule has 17 nitrogen and oxygen atoms in total. The Morgan fingerprint density at radius 1 is 0.644 bits per heavy atom. The van der Waals surface area contributed by atoms with Crippen LogP contribution in [-0.4, -0.2) is 130 Å². The number of nitrogens with zero attached hydrogens (tertiary/aromatic N) is 3. The third kappa shape index (κ3) is 8.51. The maximum atomic E-state index is 12.5. The molecule has 3 aromatic rings. The minimum atomic E-state index is -1.29. The van der Waals surface area contributed by atoms with Crippen molar-refractivity contribution in [2.75, 3.05) is 33.0 Å². The van der Waals surface area contributed by atoms with Crippen LogP contribution in [0.1, 0.15) is 49.2 Å². The molecule has 4 N–H and O–H groups in total. The van der Waals surface area contributed by atoms with Gasteiger partial charge in [-0.15, -0.1) is 0 Å². The topological polar surface area (TPSA) is 206 Å². The number of hydrogen-bond acceptors (Lipinski definition) is 12. The van der Waals surface area contributed by atoms with Crippen molar-refractivity contribution in [3.63, 3.8) is 0 Å². The minimum Gasteiger partial charge on any atom is -0.450 e. The quantitative estimate of drug-likeness (QED) is 0.271. The summed E-state index contributed by atoms with van der Waals surface area (Å²) in [4.78, 5) is 64.3. The number of hydrogen-bond donors (Lipinski definition) is 4. The summed E-state index contributed by atoms with van der Waals surface area (Å²) in [5.41, 5.74) is 2.71. The Labute approximate surface area is 340 Å². The van der Waals surface area contributed by atoms with Gasteiger partial charge in [-0.05, 0) is 13.8 Å². The van der Waals surface area contributed by atoms with E-state index in [0.717, 1.165) is 16.7 Å². The van der Waals surface area contributed by atoms with Gasteiger partial charge in [0.2, 0.25) is 5.91 Å². The van der Waals surface area contributed by atoms with Crippen LogP contribution in [-0.2, 0) is 38.1 Å². The predicted molar refractivity (Wildman–Crippen MR) is 206 cm³/mol. The molecule has 59 heavy (non-hydrogen) atoms. The number of amides is 5. The molecule has 5 saturated heterocycles. The molecule has 17 heteroatoms. The summed E-state index contributed by atoms with van der Waals surface area (Å²) in [5, 5.41) is 25.4. The molecule has 9 rings (SSSR count). The van der Waals surface area contributed by atoms with Gasteiger partial charge in [0.25, 0.3) is 11.8 Å². The molecule has 0 radical (unpaired) electrons. The normalized spacial score (nSPS) is 29.8. The Hall–Kier alpha value is -5.85. The summed E-state index contributed by atoms with van der Waals surface area (Å²) in [6.45, 7) is 4.86. The van der Waals surface area contributed by atoms with Crippen molar-refractivity contribution < 1.29 is 57.9 Å². The van der Waals surface area contributed by atoms with Gasteiger partial charge in [0.15, 0.2) is 24.8 Å². The van der Waals surface area contributed by atoms with Crippen LogP contribution in [0, 0.1) is 0 Å². The van der Waals surface area contributed by atoms with Crippen molar-refractivity contribution in [2.45, 2.75) is 74.9 Å². The van der Waals surface area contributed by atoms with E-state index in [-0.39, 0.29) is 50.5 Å². The van der Waals surface area contributed by atoms with Gasteiger partial charge in [-0.1, -0.05) is 97.1 Å². The molecular formula is C42H47N5O12. The standard InChI is InChI=1S/2C15H18N2O5.C12H11NO2/c1-2-21-15(20)16-11-12(18)10-8-22-14(17(10)13(11)19)9-6-4-3-5-7-9;1-2-21-15(20)16-11-10-8-22-14(9-6-4-3-5-7-9)17(10)13(19)12(11)18;14-11-7-6-10-8-15-12(13(10)11)9-4-2-1-3-5-9/h2*3-7,10-12,14,18H,2,8H2,1H3,(H,16,20);1-7,10,12H,8H2/t2*10-,11-,12-,14-;10-,12+/m110/s1. The summed E-state index contributed by atoms with van der Waals surface area (Å²) in [7, 11) is 0. The lowest BCUT2D eigenvalue weighted by atomic mass is 10.1. The van der Waals surface area contributed by atoms with Crippen LogP contribution in [0.3, 0.4) is 0 Å². The molecule has 5 fully saturated rings. The van der Waals surface area contributed by atoms with E-state index in [9.17, 15) is 34.2 Å². The molecule has 0 saturated carbocycles. The second kappa shape index (κ2) is 18.4. The van der Waals surface area contributed by atoms with Crippen molar-refractivity contribution in [3.8, 4) is 0 Å². The van der Waals surface area contributed by atoms with Crippen LogP contribution < -0.4 is 10.6 Å². The molecule has 0 spiro atoms. The average Bonchev–Trinajstić information content (AvgIpc) is 4.11. The van der Waals surface area contributed by atoms with Crippen LogP contribution in [0.15, 0.2) is 103 Å². The fourth-order valence-electron chi connectivity index (χ4n) is 7.98. The first-order chi connectivity index (χ1) is 28.6. The molecule has 0 unspecified atom stereocenters. The number of aliphatic hydroxyl groups excluding tert-OH is 2. The Morgan fingerprint density at radius 3 is 1.63 bits per heavy atom. The summed E-state index contributed by atoms with van der Waals surface area (Å²) >= 11 is 0. The minimum absolute atomic E-state index is 0.0475. The Bertz CT molecular complexity index is 1950. The molecule has 10 atom stereocenters. The summed E-state index contributed by atoms with van der Waals surface area (Å²) < 4.78 is 26.6. The summed E-state index contributed by atoms with van der Waals surface area (Å²) in [6.07, 6.45) is -1.42. The maximum Gasteiger partial charge on any atom is 0.407 e. The zero-order valence-corrected chi connectivity index (χ0v) is 32.4. The monoisotopic (exact) mass is 813 g/mol. The van der Waals surface area contributed by atoms with Gasteiger partial charge in [-0.2, -0.15) is 0 Å². The van der Waals surface area contributed by atoms with Crippen molar-refractivity contribution in [3.05, 3.63) is 120 Å². The molecular weight excluding hydrogens is 766 g/mol. The highest BCUT2D eigenvalue weighted by atomic mass is 16.6. The number of nitrogens with one attached hydrogen (secondary N) is 2. The smallest absolute Gasteiger partial charge is 0.407 e. The van der Waals surface area contributed by atoms with Crippen molar-refractivity contribution in [1.29, 1.82) is 0 Å². The second-order valence-electron chi connectivity index (χ2n) is 14.3. The second-order valence-corrected chi connectivity index (χ2v) is 14.3. The van der Waals surface area contributed by atoms with Gasteiger partial charge in [-0.3, -0.25) is 14.4 Å². The van der Waals surface area contributed by atoms with Gasteiger partial charge in [0, 0.05) is 22.8 Å². The van der Waals surface area contributed by atoms with Gasteiger partial charge in [0.1, 0.15) is 12.1 Å². The van der Waals surface area contributed by atoms with Crippen LogP contribution >= 0.6 is 0 Å². The van der Waals surface area contributed by atoms with E-state index in [0.29, 0.717) is 6.61 Å². The van der Waals surface area contributed by atoms with E-state index in [1.807, 2.05) is 97.1 Å². The summed E-state index contributed by atoms with van der Waals surface area (Å²) in [6, 6.07) is 26.0. The van der Waals surface area contributed by atoms with E-state index < -0.39 is 66.9 Å². The first-order valence-electron chi connectivity index (χ1n) is 19.5. The lowest BCUT2D eigenvalue weighted by molar-refractivity contribution is -0.141. The molecule has 0 aromatic heterocycles. The van der Waals surface area contributed by atoms with Gasteiger partial charge < -0.3 is 59.2 Å². The lowest BCUT2D eigenvalue weighted by Gasteiger charge is -2.23. The van der Waals surface area contributed by atoms with E-state index >= 15 is 0 Å². The number of aliphatic hydroxyl groups is 2. The molecule has 0 aliphatic carbocycles. The molecule has 6 aliphatic rings. The fourth-order valence-corrected chi connectivity index (χ4v) is 7.98. The zero-order valence-electron chi connectivity index (χ0n) is 32.4. The Balaban J connectivity index is 0.000000137. The van der Waals surface area contributed by atoms with Crippen molar-refractivity contribution >= 4 is 29.9 Å². The number of ether oxygens (including phenoxy) is 5. The maximum absolute atomic E-state index is 12.5. The van der Waals surface area contributed by atoms with Crippen molar-refractivity contribution in [1.82, 2.24) is 25.3 Å². The highest BCUT2D eigenvalue weighted by Crippen LogP contribution is 2.39. The third-order valence-corrected chi connectivity index (χ3v) is 10.7. The van der Waals surface area contributed by atoms with E-state index in [1.54, 1.807) is 24.8 Å². The molecule has 5 amide bonds. The first-order valence-corrected chi connectivity index (χ1v) is 19.5. The van der Waals surface area contributed by atoms with Crippen LogP contribution in [0.2, 0.25) is 0 Å². The van der Waals surface area contributed by atoms with Crippen molar-refractivity contribution in [2.24, 2.45) is 0 Å². The third-order valence-electron chi connectivity index (χ3n) is 10.7. The molecule has 6 heterocycles. The van der Waals surface area contributed by atoms with E-state index in [4.69, 9.17) is 23.7 Å². The largest absolute Gasteiger partial charge is 0.450 e. The van der Waals surface area contributed by atoms with Crippen LogP contribution in [0.25, 0.3) is 0 Å².